The maximum atomic E-state index is 11.9. The highest BCUT2D eigenvalue weighted by Crippen LogP contribution is 2.08. The molecule has 0 spiro atoms. The SMILES string of the molecule is CCCCCNC(=O)c1ccc(NCc2ccncc2)cn1. The van der Waals surface area contributed by atoms with Gasteiger partial charge >= 0.3 is 0 Å². The minimum absolute atomic E-state index is 0.114. The Kier molecular flexibility index (Phi) is 6.36. The van der Waals surface area contributed by atoms with Crippen molar-refractivity contribution < 1.29 is 4.79 Å². The van der Waals surface area contributed by atoms with Crippen molar-refractivity contribution in [3.05, 3.63) is 54.1 Å². The maximum Gasteiger partial charge on any atom is 0.269 e. The fourth-order valence-electron chi connectivity index (χ4n) is 2.00. The number of nitrogens with one attached hydrogen (secondary N) is 2. The molecular weight excluding hydrogens is 276 g/mol. The van der Waals surface area contributed by atoms with Crippen molar-refractivity contribution in [3.8, 4) is 0 Å². The molecule has 116 valence electrons. The third-order valence-electron chi connectivity index (χ3n) is 3.31. The highest BCUT2D eigenvalue weighted by Gasteiger charge is 2.06. The molecule has 0 aliphatic carbocycles. The van der Waals surface area contributed by atoms with Crippen molar-refractivity contribution in [1.82, 2.24) is 15.3 Å². The molecule has 2 N–H and O–H groups in total. The number of unbranched alkanes of at least 4 members (excludes halogenated alkanes) is 2. The Hall–Kier alpha value is -2.43. The fourth-order valence-corrected chi connectivity index (χ4v) is 2.00. The zero-order valence-electron chi connectivity index (χ0n) is 12.9. The summed E-state index contributed by atoms with van der Waals surface area (Å²) in [4.78, 5) is 20.1. The van der Waals surface area contributed by atoms with Gasteiger partial charge in [0.1, 0.15) is 5.69 Å². The lowest BCUT2D eigenvalue weighted by molar-refractivity contribution is 0.0948. The fraction of sp³-hybridized carbons (Fsp3) is 0.353. The molecule has 0 unspecified atom stereocenters. The van der Waals surface area contributed by atoms with Crippen molar-refractivity contribution in [2.45, 2.75) is 32.7 Å². The van der Waals surface area contributed by atoms with E-state index in [9.17, 15) is 4.79 Å². The number of pyridine rings is 2. The van der Waals surface area contributed by atoms with Gasteiger partial charge in [0.2, 0.25) is 0 Å². The highest BCUT2D eigenvalue weighted by molar-refractivity contribution is 5.92. The van der Waals surface area contributed by atoms with Crippen LogP contribution in [0.5, 0.6) is 0 Å². The van der Waals surface area contributed by atoms with Gasteiger partial charge in [-0.3, -0.25) is 9.78 Å². The van der Waals surface area contributed by atoms with E-state index in [1.165, 1.54) is 0 Å². The number of carbonyl (C=O) groups is 1. The third kappa shape index (κ3) is 5.16. The van der Waals surface area contributed by atoms with Crippen LogP contribution in [0.25, 0.3) is 0 Å². The second-order valence-corrected chi connectivity index (χ2v) is 5.10. The van der Waals surface area contributed by atoms with Crippen LogP contribution in [0.1, 0.15) is 42.2 Å². The lowest BCUT2D eigenvalue weighted by Gasteiger charge is -2.07. The predicted octanol–water partition coefficient (Wildman–Crippen LogP) is 3.01. The van der Waals surface area contributed by atoms with Gasteiger partial charge in [0.25, 0.3) is 5.91 Å². The number of amides is 1. The molecule has 5 heteroatoms. The van der Waals surface area contributed by atoms with Gasteiger partial charge < -0.3 is 10.6 Å². The summed E-state index contributed by atoms with van der Waals surface area (Å²) in [6, 6.07) is 7.52. The van der Waals surface area contributed by atoms with Gasteiger partial charge in [-0.25, -0.2) is 4.98 Å². The highest BCUT2D eigenvalue weighted by atomic mass is 16.1. The second-order valence-electron chi connectivity index (χ2n) is 5.10. The molecule has 0 aromatic carbocycles. The summed E-state index contributed by atoms with van der Waals surface area (Å²) < 4.78 is 0. The Morgan fingerprint density at radius 3 is 2.64 bits per heavy atom. The Morgan fingerprint density at radius 1 is 1.14 bits per heavy atom. The molecule has 2 aromatic heterocycles. The number of nitrogens with zero attached hydrogens (tertiary/aromatic N) is 2. The molecule has 2 heterocycles. The Bertz CT molecular complexity index is 569. The monoisotopic (exact) mass is 298 g/mol. The quantitative estimate of drug-likeness (QED) is 0.735. The van der Waals surface area contributed by atoms with E-state index in [0.29, 0.717) is 18.8 Å². The molecule has 22 heavy (non-hydrogen) atoms. The van der Waals surface area contributed by atoms with Crippen LogP contribution in [0, 0.1) is 0 Å². The Labute approximate surface area is 131 Å². The van der Waals surface area contributed by atoms with Gasteiger partial charge in [0.05, 0.1) is 11.9 Å². The first-order valence-electron chi connectivity index (χ1n) is 7.66. The maximum absolute atomic E-state index is 11.9. The molecule has 1 amide bonds. The van der Waals surface area contributed by atoms with E-state index in [1.54, 1.807) is 24.7 Å². The first-order chi connectivity index (χ1) is 10.8. The lowest BCUT2D eigenvalue weighted by atomic mass is 10.2. The average molecular weight is 298 g/mol. The minimum Gasteiger partial charge on any atom is -0.380 e. The van der Waals surface area contributed by atoms with E-state index >= 15 is 0 Å². The third-order valence-corrected chi connectivity index (χ3v) is 3.31. The summed E-state index contributed by atoms with van der Waals surface area (Å²) in [6.07, 6.45) is 8.50. The number of hydrogen-bond acceptors (Lipinski definition) is 4. The van der Waals surface area contributed by atoms with Crippen LogP contribution >= 0.6 is 0 Å². The molecule has 0 aliphatic rings. The topological polar surface area (TPSA) is 66.9 Å². The summed E-state index contributed by atoms with van der Waals surface area (Å²) >= 11 is 0. The van der Waals surface area contributed by atoms with Crippen molar-refractivity contribution in [2.75, 3.05) is 11.9 Å². The molecule has 0 bridgehead atoms. The summed E-state index contributed by atoms with van der Waals surface area (Å²) in [6.45, 7) is 3.55. The van der Waals surface area contributed by atoms with E-state index in [-0.39, 0.29) is 5.91 Å². The summed E-state index contributed by atoms with van der Waals surface area (Å²) in [5, 5.41) is 6.15. The molecule has 2 rings (SSSR count). The average Bonchev–Trinajstić information content (AvgIpc) is 2.58. The van der Waals surface area contributed by atoms with Crippen molar-refractivity contribution in [3.63, 3.8) is 0 Å². The molecule has 0 atom stereocenters. The lowest BCUT2D eigenvalue weighted by Crippen LogP contribution is -2.25. The molecule has 0 saturated carbocycles. The van der Waals surface area contributed by atoms with Crippen LogP contribution in [-0.4, -0.2) is 22.4 Å². The molecule has 5 nitrogen and oxygen atoms in total. The van der Waals surface area contributed by atoms with Crippen molar-refractivity contribution in [2.24, 2.45) is 0 Å². The minimum atomic E-state index is -0.114. The summed E-state index contributed by atoms with van der Waals surface area (Å²) in [5.41, 5.74) is 2.48. The Morgan fingerprint density at radius 2 is 1.95 bits per heavy atom. The molecule has 0 radical (unpaired) electrons. The summed E-state index contributed by atoms with van der Waals surface area (Å²) in [5.74, 6) is -0.114. The van der Waals surface area contributed by atoms with E-state index in [1.807, 2.05) is 18.2 Å². The van der Waals surface area contributed by atoms with Gasteiger partial charge in [0.15, 0.2) is 0 Å². The van der Waals surface area contributed by atoms with Crippen LogP contribution in [0.4, 0.5) is 5.69 Å². The van der Waals surface area contributed by atoms with E-state index < -0.39 is 0 Å². The Balaban J connectivity index is 1.81. The molecule has 0 fully saturated rings. The van der Waals surface area contributed by atoms with Crippen molar-refractivity contribution >= 4 is 11.6 Å². The number of aromatic nitrogens is 2. The van der Waals surface area contributed by atoms with Gasteiger partial charge in [-0.1, -0.05) is 19.8 Å². The first-order valence-corrected chi connectivity index (χ1v) is 7.66. The van der Waals surface area contributed by atoms with Crippen molar-refractivity contribution in [1.29, 1.82) is 0 Å². The largest absolute Gasteiger partial charge is 0.380 e. The van der Waals surface area contributed by atoms with Crippen LogP contribution in [0.2, 0.25) is 0 Å². The second kappa shape index (κ2) is 8.77. The smallest absolute Gasteiger partial charge is 0.269 e. The van der Waals surface area contributed by atoms with Crippen LogP contribution in [0.3, 0.4) is 0 Å². The van der Waals surface area contributed by atoms with Gasteiger partial charge in [-0.15, -0.1) is 0 Å². The molecule has 0 saturated heterocycles. The zero-order valence-corrected chi connectivity index (χ0v) is 12.9. The normalized spacial score (nSPS) is 10.2. The van der Waals surface area contributed by atoms with E-state index in [2.05, 4.69) is 27.5 Å². The summed E-state index contributed by atoms with van der Waals surface area (Å²) in [7, 11) is 0. The molecular formula is C17H22N4O. The van der Waals surface area contributed by atoms with Crippen LogP contribution < -0.4 is 10.6 Å². The number of anilines is 1. The van der Waals surface area contributed by atoms with E-state index in [0.717, 1.165) is 30.5 Å². The van der Waals surface area contributed by atoms with Gasteiger partial charge in [-0.05, 0) is 36.2 Å². The number of rotatable bonds is 8. The number of carbonyl (C=O) groups excluding carboxylic acids is 1. The van der Waals surface area contributed by atoms with Crippen LogP contribution in [0.15, 0.2) is 42.9 Å². The first kappa shape index (κ1) is 15.9. The zero-order chi connectivity index (χ0) is 15.6. The number of hydrogen-bond donors (Lipinski definition) is 2. The van der Waals surface area contributed by atoms with E-state index in [4.69, 9.17) is 0 Å². The van der Waals surface area contributed by atoms with Gasteiger partial charge in [0, 0.05) is 25.5 Å². The predicted molar refractivity (Wildman–Crippen MR) is 87.7 cm³/mol. The van der Waals surface area contributed by atoms with Crippen LogP contribution in [-0.2, 0) is 6.54 Å². The standard InChI is InChI=1S/C17H22N4O/c1-2-3-4-9-19-17(22)16-6-5-15(13-21-16)20-12-14-7-10-18-11-8-14/h5-8,10-11,13,20H,2-4,9,12H2,1H3,(H,19,22). The molecule has 0 aliphatic heterocycles. The molecule has 2 aromatic rings. The van der Waals surface area contributed by atoms with Gasteiger partial charge in [-0.2, -0.15) is 0 Å².